The number of sulfonamides is 1. The second-order valence-corrected chi connectivity index (χ2v) is 8.46. The Morgan fingerprint density at radius 1 is 1.00 bits per heavy atom. The normalized spacial score (nSPS) is 11.0. The predicted octanol–water partition coefficient (Wildman–Crippen LogP) is 4.08. The molecule has 0 aliphatic carbocycles. The molecule has 10 heteroatoms. The number of benzene rings is 3. The third-order valence-electron chi connectivity index (χ3n) is 4.06. The number of non-ortho nitro benzene ring substituents is 1. The number of anilines is 2. The van der Waals surface area contributed by atoms with E-state index < -0.39 is 27.4 Å². The molecule has 1 N–H and O–H groups in total. The van der Waals surface area contributed by atoms with Gasteiger partial charge in [0.2, 0.25) is 5.91 Å². The van der Waals surface area contributed by atoms with E-state index in [0.717, 1.165) is 4.31 Å². The van der Waals surface area contributed by atoms with Gasteiger partial charge in [0.05, 0.1) is 15.5 Å². The zero-order valence-electron chi connectivity index (χ0n) is 15.4. The largest absolute Gasteiger partial charge is 0.324 e. The summed E-state index contributed by atoms with van der Waals surface area (Å²) in [5.74, 6) is -0.671. The maximum Gasteiger partial charge on any atom is 0.271 e. The van der Waals surface area contributed by atoms with E-state index in [0.29, 0.717) is 5.02 Å². The highest BCUT2D eigenvalue weighted by Crippen LogP contribution is 2.26. The number of hydrogen-bond acceptors (Lipinski definition) is 5. The van der Waals surface area contributed by atoms with Gasteiger partial charge in [-0.2, -0.15) is 0 Å². The van der Waals surface area contributed by atoms with Crippen molar-refractivity contribution in [2.75, 3.05) is 16.2 Å². The summed E-state index contributed by atoms with van der Waals surface area (Å²) in [6.45, 7) is -0.555. The first kappa shape index (κ1) is 21.3. The number of hydrogen-bond donors (Lipinski definition) is 1. The van der Waals surface area contributed by atoms with E-state index in [4.69, 9.17) is 11.6 Å². The Hall–Kier alpha value is -3.43. The summed E-state index contributed by atoms with van der Waals surface area (Å²) in [6, 6.07) is 19.2. The molecule has 8 nitrogen and oxygen atoms in total. The Kier molecular flexibility index (Phi) is 6.34. The minimum Gasteiger partial charge on any atom is -0.324 e. The number of nitrogens with zero attached hydrogens (tertiary/aromatic N) is 2. The summed E-state index contributed by atoms with van der Waals surface area (Å²) in [5.41, 5.74) is 0.189. The van der Waals surface area contributed by atoms with Crippen molar-refractivity contribution in [2.45, 2.75) is 4.90 Å². The average molecular weight is 446 g/mol. The highest BCUT2D eigenvalue weighted by Gasteiger charge is 2.27. The fraction of sp³-hybridized carbons (Fsp3) is 0.0500. The van der Waals surface area contributed by atoms with Gasteiger partial charge in [-0.05, 0) is 36.4 Å². The Morgan fingerprint density at radius 3 is 2.37 bits per heavy atom. The third-order valence-corrected chi connectivity index (χ3v) is 6.08. The first-order valence-electron chi connectivity index (χ1n) is 8.65. The van der Waals surface area contributed by atoms with Crippen molar-refractivity contribution in [1.82, 2.24) is 0 Å². The Bertz CT molecular complexity index is 1190. The van der Waals surface area contributed by atoms with Gasteiger partial charge < -0.3 is 5.32 Å². The topological polar surface area (TPSA) is 110 Å². The summed E-state index contributed by atoms with van der Waals surface area (Å²) in [6.07, 6.45) is 0. The number of carbonyl (C=O) groups excluding carboxylic acids is 1. The molecule has 3 aromatic rings. The molecular weight excluding hydrogens is 430 g/mol. The fourth-order valence-electron chi connectivity index (χ4n) is 2.69. The van der Waals surface area contributed by atoms with Crippen LogP contribution in [0, 0.1) is 10.1 Å². The van der Waals surface area contributed by atoms with E-state index in [-0.39, 0.29) is 22.0 Å². The lowest BCUT2D eigenvalue weighted by molar-refractivity contribution is -0.384. The van der Waals surface area contributed by atoms with Crippen molar-refractivity contribution in [3.05, 3.63) is 94.0 Å². The van der Waals surface area contributed by atoms with Crippen LogP contribution in [-0.2, 0) is 14.8 Å². The molecule has 0 aliphatic heterocycles. The lowest BCUT2D eigenvalue weighted by atomic mass is 10.3. The molecule has 0 saturated carbocycles. The number of nitrogens with one attached hydrogen (secondary N) is 1. The van der Waals surface area contributed by atoms with Crippen LogP contribution in [0.15, 0.2) is 83.8 Å². The molecule has 3 aromatic carbocycles. The first-order valence-corrected chi connectivity index (χ1v) is 10.5. The van der Waals surface area contributed by atoms with Crippen molar-refractivity contribution in [3.63, 3.8) is 0 Å². The molecule has 0 unspecified atom stereocenters. The van der Waals surface area contributed by atoms with Crippen LogP contribution in [0.5, 0.6) is 0 Å². The molecule has 0 spiro atoms. The highest BCUT2D eigenvalue weighted by atomic mass is 35.5. The molecule has 154 valence electrons. The third kappa shape index (κ3) is 4.94. The second-order valence-electron chi connectivity index (χ2n) is 6.16. The number of rotatable bonds is 7. The van der Waals surface area contributed by atoms with E-state index >= 15 is 0 Å². The van der Waals surface area contributed by atoms with E-state index in [1.807, 2.05) is 0 Å². The molecule has 0 saturated heterocycles. The van der Waals surface area contributed by atoms with Gasteiger partial charge in [0.25, 0.3) is 15.7 Å². The summed E-state index contributed by atoms with van der Waals surface area (Å²) in [4.78, 5) is 23.0. The molecule has 0 aromatic heterocycles. The zero-order chi connectivity index (χ0) is 21.7. The number of nitro benzene ring substituents is 1. The molecule has 30 heavy (non-hydrogen) atoms. The van der Waals surface area contributed by atoms with E-state index in [9.17, 15) is 23.3 Å². The van der Waals surface area contributed by atoms with Gasteiger partial charge in [-0.3, -0.25) is 19.2 Å². The van der Waals surface area contributed by atoms with Crippen LogP contribution in [0.4, 0.5) is 17.1 Å². The molecule has 1 amide bonds. The van der Waals surface area contributed by atoms with Crippen LogP contribution in [-0.4, -0.2) is 25.8 Å². The molecular formula is C20H16ClN3O5S. The number of amides is 1. The first-order chi connectivity index (χ1) is 14.3. The van der Waals surface area contributed by atoms with E-state index in [1.54, 1.807) is 30.3 Å². The molecule has 0 radical (unpaired) electrons. The minimum atomic E-state index is -4.07. The number of nitro groups is 1. The number of halogens is 1. The minimum absolute atomic E-state index is 0.00752. The summed E-state index contributed by atoms with van der Waals surface area (Å²) in [7, 11) is -4.07. The van der Waals surface area contributed by atoms with E-state index in [1.165, 1.54) is 48.5 Å². The molecule has 0 atom stereocenters. The van der Waals surface area contributed by atoms with Gasteiger partial charge in [0.15, 0.2) is 0 Å². The summed E-state index contributed by atoms with van der Waals surface area (Å²) >= 11 is 6.01. The SMILES string of the molecule is O=C(CN(c1cccc(Cl)c1)S(=O)(=O)c1ccccc1)Nc1cccc([N+](=O)[O-])c1. The predicted molar refractivity (Wildman–Crippen MR) is 114 cm³/mol. The Morgan fingerprint density at radius 2 is 1.70 bits per heavy atom. The van der Waals surface area contributed by atoms with Crippen molar-refractivity contribution < 1.29 is 18.1 Å². The summed E-state index contributed by atoms with van der Waals surface area (Å²) in [5, 5.41) is 13.7. The quantitative estimate of drug-likeness (QED) is 0.435. The van der Waals surface area contributed by atoms with Gasteiger partial charge in [0, 0.05) is 22.8 Å². The van der Waals surface area contributed by atoms with Crippen molar-refractivity contribution in [1.29, 1.82) is 0 Å². The molecule has 0 bridgehead atoms. The van der Waals surface area contributed by atoms with Crippen LogP contribution in [0.3, 0.4) is 0 Å². The standard InChI is InChI=1S/C20H16ClN3O5S/c21-15-6-4-8-17(12-15)23(30(28,29)19-10-2-1-3-11-19)14-20(25)22-16-7-5-9-18(13-16)24(26)27/h1-13H,14H2,(H,22,25). The summed E-state index contributed by atoms with van der Waals surface area (Å²) < 4.78 is 27.3. The number of carbonyl (C=O) groups is 1. The second kappa shape index (κ2) is 8.93. The van der Waals surface area contributed by atoms with Gasteiger partial charge >= 0.3 is 0 Å². The fourth-order valence-corrected chi connectivity index (χ4v) is 4.31. The van der Waals surface area contributed by atoms with Crippen molar-refractivity contribution in [3.8, 4) is 0 Å². The Labute approximate surface area is 177 Å². The lowest BCUT2D eigenvalue weighted by Crippen LogP contribution is -2.38. The molecule has 0 heterocycles. The van der Waals surface area contributed by atoms with Crippen LogP contribution in [0.25, 0.3) is 0 Å². The van der Waals surface area contributed by atoms with Gasteiger partial charge in [0.1, 0.15) is 6.54 Å². The zero-order valence-corrected chi connectivity index (χ0v) is 17.0. The Balaban J connectivity index is 1.92. The van der Waals surface area contributed by atoms with Crippen LogP contribution < -0.4 is 9.62 Å². The lowest BCUT2D eigenvalue weighted by Gasteiger charge is -2.24. The molecule has 3 rings (SSSR count). The van der Waals surface area contributed by atoms with Gasteiger partial charge in [-0.15, -0.1) is 0 Å². The van der Waals surface area contributed by atoms with Crippen LogP contribution in [0.1, 0.15) is 0 Å². The van der Waals surface area contributed by atoms with Crippen molar-refractivity contribution >= 4 is 44.6 Å². The maximum atomic E-state index is 13.2. The molecule has 0 aliphatic rings. The van der Waals surface area contributed by atoms with Crippen molar-refractivity contribution in [2.24, 2.45) is 0 Å². The van der Waals surface area contributed by atoms with Gasteiger partial charge in [-0.1, -0.05) is 41.9 Å². The van der Waals surface area contributed by atoms with Gasteiger partial charge in [-0.25, -0.2) is 8.42 Å². The van der Waals surface area contributed by atoms with E-state index in [2.05, 4.69) is 5.32 Å². The van der Waals surface area contributed by atoms with Crippen LogP contribution in [0.2, 0.25) is 5.02 Å². The smallest absolute Gasteiger partial charge is 0.271 e. The molecule has 0 fully saturated rings. The average Bonchev–Trinajstić information content (AvgIpc) is 2.72. The van der Waals surface area contributed by atoms with Crippen LogP contribution >= 0.6 is 11.6 Å². The highest BCUT2D eigenvalue weighted by molar-refractivity contribution is 7.92. The maximum absolute atomic E-state index is 13.2. The monoisotopic (exact) mass is 445 g/mol.